The zero-order valence-electron chi connectivity index (χ0n) is 11.7. The Morgan fingerprint density at radius 2 is 2.21 bits per heavy atom. The Morgan fingerprint density at radius 3 is 2.89 bits per heavy atom. The zero-order valence-corrected chi connectivity index (χ0v) is 11.7. The Balaban J connectivity index is 2.33. The van der Waals surface area contributed by atoms with Gasteiger partial charge in [0.1, 0.15) is 0 Å². The Labute approximate surface area is 113 Å². The minimum atomic E-state index is 0.0396. The molecular weight excluding hydrogens is 238 g/mol. The van der Waals surface area contributed by atoms with Gasteiger partial charge in [0.25, 0.3) is 5.91 Å². The van der Waals surface area contributed by atoms with Gasteiger partial charge in [-0.2, -0.15) is 0 Å². The summed E-state index contributed by atoms with van der Waals surface area (Å²) >= 11 is 0. The molecule has 0 fully saturated rings. The smallest absolute Gasteiger partial charge is 0.256 e. The van der Waals surface area contributed by atoms with Gasteiger partial charge in [-0.05, 0) is 31.5 Å². The molecule has 0 aliphatic carbocycles. The highest BCUT2D eigenvalue weighted by Gasteiger charge is 2.19. The summed E-state index contributed by atoms with van der Waals surface area (Å²) in [6, 6.07) is 5.81. The molecule has 0 bridgehead atoms. The first kappa shape index (κ1) is 13.5. The van der Waals surface area contributed by atoms with Crippen LogP contribution in [0.4, 0.5) is 5.69 Å². The van der Waals surface area contributed by atoms with Crippen molar-refractivity contribution < 1.29 is 4.79 Å². The van der Waals surface area contributed by atoms with Crippen LogP contribution < -0.4 is 5.73 Å². The fraction of sp³-hybridized carbons (Fsp3) is 0.400. The van der Waals surface area contributed by atoms with Gasteiger partial charge in [0, 0.05) is 35.9 Å². The van der Waals surface area contributed by atoms with Crippen LogP contribution in [0.15, 0.2) is 24.4 Å². The van der Waals surface area contributed by atoms with Gasteiger partial charge >= 0.3 is 0 Å². The summed E-state index contributed by atoms with van der Waals surface area (Å²) in [7, 11) is 1.85. The van der Waals surface area contributed by atoms with Gasteiger partial charge in [-0.25, -0.2) is 0 Å². The Bertz CT molecular complexity index is 588. The molecule has 1 aromatic carbocycles. The molecule has 4 nitrogen and oxygen atoms in total. The third-order valence-electron chi connectivity index (χ3n) is 3.62. The molecule has 3 N–H and O–H groups in total. The monoisotopic (exact) mass is 259 g/mol. The van der Waals surface area contributed by atoms with Crippen LogP contribution in [0.2, 0.25) is 0 Å². The van der Waals surface area contributed by atoms with E-state index in [1.54, 1.807) is 11.1 Å². The second-order valence-corrected chi connectivity index (χ2v) is 5.06. The van der Waals surface area contributed by atoms with Crippen LogP contribution in [-0.4, -0.2) is 28.9 Å². The van der Waals surface area contributed by atoms with Crippen LogP contribution in [0.5, 0.6) is 0 Å². The topological polar surface area (TPSA) is 62.1 Å². The summed E-state index contributed by atoms with van der Waals surface area (Å²) < 4.78 is 0. The number of anilines is 1. The maximum absolute atomic E-state index is 12.5. The Morgan fingerprint density at radius 1 is 1.47 bits per heavy atom. The van der Waals surface area contributed by atoms with Crippen LogP contribution in [0.3, 0.4) is 0 Å². The van der Waals surface area contributed by atoms with Crippen molar-refractivity contribution in [2.24, 2.45) is 0 Å². The van der Waals surface area contributed by atoms with Crippen LogP contribution in [0.25, 0.3) is 10.9 Å². The predicted molar refractivity (Wildman–Crippen MR) is 79.2 cm³/mol. The fourth-order valence-electron chi connectivity index (χ4n) is 2.32. The van der Waals surface area contributed by atoms with Gasteiger partial charge in [-0.15, -0.1) is 0 Å². The molecule has 19 heavy (non-hydrogen) atoms. The van der Waals surface area contributed by atoms with Gasteiger partial charge in [-0.3, -0.25) is 4.79 Å². The molecule has 102 valence electrons. The number of aromatic nitrogens is 1. The molecule has 2 aromatic rings. The molecule has 1 unspecified atom stereocenters. The summed E-state index contributed by atoms with van der Waals surface area (Å²) in [5.74, 6) is 0.0396. The lowest BCUT2D eigenvalue weighted by atomic mass is 10.1. The van der Waals surface area contributed by atoms with E-state index in [4.69, 9.17) is 5.73 Å². The summed E-state index contributed by atoms with van der Waals surface area (Å²) in [4.78, 5) is 17.4. The number of carbonyl (C=O) groups excluding carboxylic acids is 1. The van der Waals surface area contributed by atoms with Crippen molar-refractivity contribution in [3.8, 4) is 0 Å². The van der Waals surface area contributed by atoms with E-state index in [2.05, 4.69) is 18.8 Å². The molecule has 2 rings (SSSR count). The molecule has 1 amide bonds. The van der Waals surface area contributed by atoms with Gasteiger partial charge in [0.2, 0.25) is 0 Å². The van der Waals surface area contributed by atoms with Crippen molar-refractivity contribution in [2.45, 2.75) is 32.7 Å². The number of H-pyrrole nitrogens is 1. The Kier molecular flexibility index (Phi) is 3.79. The van der Waals surface area contributed by atoms with Crippen LogP contribution >= 0.6 is 0 Å². The number of benzene rings is 1. The van der Waals surface area contributed by atoms with Crippen molar-refractivity contribution >= 4 is 22.5 Å². The number of hydrogen-bond acceptors (Lipinski definition) is 2. The van der Waals surface area contributed by atoms with E-state index in [9.17, 15) is 4.79 Å². The summed E-state index contributed by atoms with van der Waals surface area (Å²) in [6.07, 6.45) is 3.84. The average Bonchev–Trinajstić information content (AvgIpc) is 2.80. The number of nitrogen functional groups attached to an aromatic ring is 1. The third-order valence-corrected chi connectivity index (χ3v) is 3.62. The number of nitrogens with two attached hydrogens (primary N) is 1. The first-order chi connectivity index (χ1) is 9.04. The number of amides is 1. The lowest BCUT2D eigenvalue weighted by Crippen LogP contribution is -2.34. The number of fused-ring (bicyclic) bond motifs is 1. The molecule has 0 saturated heterocycles. The minimum absolute atomic E-state index is 0.0396. The second kappa shape index (κ2) is 5.34. The number of rotatable bonds is 4. The number of nitrogens with zero attached hydrogens (tertiary/aromatic N) is 1. The van der Waals surface area contributed by atoms with E-state index in [1.807, 2.05) is 25.2 Å². The number of nitrogens with one attached hydrogen (secondary N) is 1. The average molecular weight is 259 g/mol. The van der Waals surface area contributed by atoms with Crippen molar-refractivity contribution in [1.29, 1.82) is 0 Å². The van der Waals surface area contributed by atoms with Gasteiger partial charge in [-0.1, -0.05) is 13.3 Å². The molecule has 1 aromatic heterocycles. The van der Waals surface area contributed by atoms with Crippen LogP contribution in [0.1, 0.15) is 37.0 Å². The molecule has 0 aliphatic heterocycles. The first-order valence-corrected chi connectivity index (χ1v) is 6.68. The van der Waals surface area contributed by atoms with Gasteiger partial charge in [0.15, 0.2) is 0 Å². The van der Waals surface area contributed by atoms with E-state index in [-0.39, 0.29) is 11.9 Å². The van der Waals surface area contributed by atoms with Gasteiger partial charge < -0.3 is 15.6 Å². The van der Waals surface area contributed by atoms with Crippen molar-refractivity contribution in [3.05, 3.63) is 30.0 Å². The maximum Gasteiger partial charge on any atom is 0.256 e. The lowest BCUT2D eigenvalue weighted by Gasteiger charge is -2.24. The summed E-state index contributed by atoms with van der Waals surface area (Å²) in [5, 5.41) is 0.889. The normalized spacial score (nSPS) is 12.6. The molecule has 0 saturated carbocycles. The highest BCUT2D eigenvalue weighted by Crippen LogP contribution is 2.22. The van der Waals surface area contributed by atoms with Crippen molar-refractivity contribution in [2.75, 3.05) is 12.8 Å². The minimum Gasteiger partial charge on any atom is -0.399 e. The molecule has 1 atom stereocenters. The number of carbonyl (C=O) groups is 1. The summed E-state index contributed by atoms with van der Waals surface area (Å²) in [5.41, 5.74) is 8.10. The SMILES string of the molecule is CCCC(C)N(C)C(=O)c1c[nH]c2ccc(N)cc12. The molecule has 0 spiro atoms. The molecule has 0 aliphatic rings. The van der Waals surface area contributed by atoms with Crippen LogP contribution in [-0.2, 0) is 0 Å². The lowest BCUT2D eigenvalue weighted by molar-refractivity contribution is 0.0739. The largest absolute Gasteiger partial charge is 0.399 e. The first-order valence-electron chi connectivity index (χ1n) is 6.68. The van der Waals surface area contributed by atoms with E-state index >= 15 is 0 Å². The second-order valence-electron chi connectivity index (χ2n) is 5.06. The number of hydrogen-bond donors (Lipinski definition) is 2. The van der Waals surface area contributed by atoms with Crippen LogP contribution in [0, 0.1) is 0 Å². The van der Waals surface area contributed by atoms with Crippen molar-refractivity contribution in [3.63, 3.8) is 0 Å². The predicted octanol–water partition coefficient (Wildman–Crippen LogP) is 3.01. The number of aromatic amines is 1. The van der Waals surface area contributed by atoms with Crippen molar-refractivity contribution in [1.82, 2.24) is 9.88 Å². The molecule has 0 radical (unpaired) electrons. The van der Waals surface area contributed by atoms with E-state index in [0.29, 0.717) is 11.3 Å². The maximum atomic E-state index is 12.5. The molecule has 4 heteroatoms. The van der Waals surface area contributed by atoms with Gasteiger partial charge in [0.05, 0.1) is 5.56 Å². The standard InChI is InChI=1S/C15H21N3O/c1-4-5-10(2)18(3)15(19)13-9-17-14-7-6-11(16)8-12(13)14/h6-10,17H,4-5,16H2,1-3H3. The molecular formula is C15H21N3O. The zero-order chi connectivity index (χ0) is 14.0. The highest BCUT2D eigenvalue weighted by molar-refractivity contribution is 6.07. The fourth-order valence-corrected chi connectivity index (χ4v) is 2.32. The molecule has 1 heterocycles. The summed E-state index contributed by atoms with van der Waals surface area (Å²) in [6.45, 7) is 4.20. The third kappa shape index (κ3) is 2.57. The van der Waals surface area contributed by atoms with E-state index < -0.39 is 0 Å². The highest BCUT2D eigenvalue weighted by atomic mass is 16.2. The van der Waals surface area contributed by atoms with E-state index in [1.165, 1.54) is 0 Å². The van der Waals surface area contributed by atoms with E-state index in [0.717, 1.165) is 23.7 Å². The quantitative estimate of drug-likeness (QED) is 0.829. The Hall–Kier alpha value is -1.97.